The van der Waals surface area contributed by atoms with Crippen molar-refractivity contribution in [3.05, 3.63) is 0 Å². The normalized spacial score (nSPS) is 30.1. The van der Waals surface area contributed by atoms with Crippen LogP contribution in [0.2, 0.25) is 0 Å². The van der Waals surface area contributed by atoms with Crippen molar-refractivity contribution in [1.82, 2.24) is 10.6 Å². The molecule has 1 saturated heterocycles. The second kappa shape index (κ2) is 7.88. The van der Waals surface area contributed by atoms with Gasteiger partial charge in [0.25, 0.3) is 0 Å². The van der Waals surface area contributed by atoms with Gasteiger partial charge in [-0.15, -0.1) is 0 Å². The SMILES string of the molecule is CCCCCCCC(=O)NC1CC[C@H]2CNC[C@H]2C1. The fourth-order valence-corrected chi connectivity index (χ4v) is 3.62. The molecule has 0 aromatic carbocycles. The Morgan fingerprint density at radius 3 is 2.74 bits per heavy atom. The first-order valence-electron chi connectivity index (χ1n) is 8.29. The monoisotopic (exact) mass is 266 g/mol. The quantitative estimate of drug-likeness (QED) is 0.696. The molecule has 3 atom stereocenters. The number of hydrogen-bond acceptors (Lipinski definition) is 2. The molecule has 1 aliphatic heterocycles. The van der Waals surface area contributed by atoms with E-state index in [1.807, 2.05) is 0 Å². The van der Waals surface area contributed by atoms with Gasteiger partial charge in [-0.2, -0.15) is 0 Å². The summed E-state index contributed by atoms with van der Waals surface area (Å²) in [4.78, 5) is 11.9. The van der Waals surface area contributed by atoms with Crippen molar-refractivity contribution in [2.24, 2.45) is 11.8 Å². The van der Waals surface area contributed by atoms with Gasteiger partial charge in [-0.3, -0.25) is 4.79 Å². The molecule has 1 saturated carbocycles. The number of amides is 1. The van der Waals surface area contributed by atoms with Gasteiger partial charge in [0.1, 0.15) is 0 Å². The molecule has 19 heavy (non-hydrogen) atoms. The van der Waals surface area contributed by atoms with E-state index in [1.54, 1.807) is 0 Å². The van der Waals surface area contributed by atoms with Crippen LogP contribution in [0.25, 0.3) is 0 Å². The summed E-state index contributed by atoms with van der Waals surface area (Å²) >= 11 is 0. The minimum atomic E-state index is 0.283. The van der Waals surface area contributed by atoms with Crippen LogP contribution >= 0.6 is 0 Å². The Labute approximate surface area is 117 Å². The van der Waals surface area contributed by atoms with E-state index in [0.29, 0.717) is 6.04 Å². The number of fused-ring (bicyclic) bond motifs is 1. The molecule has 1 unspecified atom stereocenters. The molecule has 2 N–H and O–H groups in total. The molecular weight excluding hydrogens is 236 g/mol. The Kier molecular flexibility index (Phi) is 6.15. The van der Waals surface area contributed by atoms with Gasteiger partial charge in [0.05, 0.1) is 0 Å². The average Bonchev–Trinajstić information content (AvgIpc) is 2.86. The van der Waals surface area contributed by atoms with E-state index in [4.69, 9.17) is 0 Å². The Morgan fingerprint density at radius 1 is 1.11 bits per heavy atom. The summed E-state index contributed by atoms with van der Waals surface area (Å²) in [6.07, 6.45) is 10.5. The number of nitrogens with one attached hydrogen (secondary N) is 2. The van der Waals surface area contributed by atoms with E-state index >= 15 is 0 Å². The van der Waals surface area contributed by atoms with Gasteiger partial charge >= 0.3 is 0 Å². The van der Waals surface area contributed by atoms with Crippen LogP contribution in [0.4, 0.5) is 0 Å². The maximum Gasteiger partial charge on any atom is 0.220 e. The van der Waals surface area contributed by atoms with E-state index in [9.17, 15) is 4.79 Å². The van der Waals surface area contributed by atoms with Crippen molar-refractivity contribution in [3.8, 4) is 0 Å². The Balaban J connectivity index is 1.57. The lowest BCUT2D eigenvalue weighted by Crippen LogP contribution is -2.40. The molecule has 1 amide bonds. The van der Waals surface area contributed by atoms with E-state index < -0.39 is 0 Å². The first kappa shape index (κ1) is 14.8. The molecule has 1 aliphatic carbocycles. The Hall–Kier alpha value is -0.570. The molecule has 110 valence electrons. The summed E-state index contributed by atoms with van der Waals surface area (Å²) in [6.45, 7) is 4.58. The lowest BCUT2D eigenvalue weighted by molar-refractivity contribution is -0.122. The molecule has 3 heteroatoms. The number of unbranched alkanes of at least 4 members (excludes halogenated alkanes) is 4. The van der Waals surface area contributed by atoms with Crippen LogP contribution in [0.15, 0.2) is 0 Å². The second-order valence-electron chi connectivity index (χ2n) is 6.42. The fourth-order valence-electron chi connectivity index (χ4n) is 3.62. The van der Waals surface area contributed by atoms with Crippen molar-refractivity contribution in [2.75, 3.05) is 13.1 Å². The maximum atomic E-state index is 11.9. The van der Waals surface area contributed by atoms with Gasteiger partial charge in [-0.1, -0.05) is 32.6 Å². The molecule has 2 aliphatic rings. The zero-order valence-corrected chi connectivity index (χ0v) is 12.4. The van der Waals surface area contributed by atoms with E-state index in [-0.39, 0.29) is 5.91 Å². The van der Waals surface area contributed by atoms with Gasteiger partial charge in [-0.25, -0.2) is 0 Å². The molecule has 3 nitrogen and oxygen atoms in total. The van der Waals surface area contributed by atoms with E-state index in [0.717, 1.165) is 31.2 Å². The van der Waals surface area contributed by atoms with Gasteiger partial charge in [0.2, 0.25) is 5.91 Å². The van der Waals surface area contributed by atoms with Crippen molar-refractivity contribution in [2.45, 2.75) is 70.8 Å². The van der Waals surface area contributed by atoms with Crippen molar-refractivity contribution in [1.29, 1.82) is 0 Å². The summed E-state index contributed by atoms with van der Waals surface area (Å²) in [5.74, 6) is 1.97. The van der Waals surface area contributed by atoms with Gasteiger partial charge in [-0.05, 0) is 50.6 Å². The number of carbonyl (C=O) groups excluding carboxylic acids is 1. The third-order valence-corrected chi connectivity index (χ3v) is 4.83. The number of rotatable bonds is 7. The van der Waals surface area contributed by atoms with Crippen LogP contribution in [0, 0.1) is 11.8 Å². The topological polar surface area (TPSA) is 41.1 Å². The smallest absolute Gasteiger partial charge is 0.220 e. The lowest BCUT2D eigenvalue weighted by atomic mass is 9.79. The lowest BCUT2D eigenvalue weighted by Gasteiger charge is -2.31. The molecule has 0 bridgehead atoms. The van der Waals surface area contributed by atoms with Crippen LogP contribution in [-0.4, -0.2) is 25.0 Å². The van der Waals surface area contributed by atoms with Crippen molar-refractivity contribution in [3.63, 3.8) is 0 Å². The predicted octanol–water partition coefficient (Wildman–Crippen LogP) is 2.85. The minimum absolute atomic E-state index is 0.283. The fraction of sp³-hybridized carbons (Fsp3) is 0.938. The number of hydrogen-bond donors (Lipinski definition) is 2. The third-order valence-electron chi connectivity index (χ3n) is 4.83. The highest BCUT2D eigenvalue weighted by molar-refractivity contribution is 5.76. The molecule has 0 spiro atoms. The zero-order valence-electron chi connectivity index (χ0n) is 12.4. The van der Waals surface area contributed by atoms with E-state index in [1.165, 1.54) is 51.5 Å². The highest BCUT2D eigenvalue weighted by atomic mass is 16.1. The van der Waals surface area contributed by atoms with Crippen molar-refractivity contribution < 1.29 is 4.79 Å². The van der Waals surface area contributed by atoms with Crippen LogP contribution in [-0.2, 0) is 4.79 Å². The molecule has 2 fully saturated rings. The van der Waals surface area contributed by atoms with Crippen LogP contribution in [0.1, 0.15) is 64.7 Å². The summed E-state index contributed by atoms with van der Waals surface area (Å²) in [6, 6.07) is 0.448. The third kappa shape index (κ3) is 4.79. The molecule has 1 heterocycles. The first-order chi connectivity index (χ1) is 9.29. The summed E-state index contributed by atoms with van der Waals surface area (Å²) in [5.41, 5.74) is 0. The zero-order chi connectivity index (χ0) is 13.5. The standard InChI is InChI=1S/C16H30N2O/c1-2-3-4-5-6-7-16(19)18-15-9-8-13-11-17-12-14(13)10-15/h13-15,17H,2-12H2,1H3,(H,18,19)/t13-,14+,15?/m0/s1. The van der Waals surface area contributed by atoms with Gasteiger partial charge < -0.3 is 10.6 Å². The molecule has 0 aromatic heterocycles. The van der Waals surface area contributed by atoms with Crippen LogP contribution < -0.4 is 10.6 Å². The average molecular weight is 266 g/mol. The number of carbonyl (C=O) groups is 1. The molecular formula is C16H30N2O. The summed E-state index contributed by atoms with van der Waals surface area (Å²) in [5, 5.41) is 6.73. The summed E-state index contributed by atoms with van der Waals surface area (Å²) < 4.78 is 0. The van der Waals surface area contributed by atoms with Crippen molar-refractivity contribution >= 4 is 5.91 Å². The maximum absolute atomic E-state index is 11.9. The minimum Gasteiger partial charge on any atom is -0.353 e. The molecule has 0 aromatic rings. The van der Waals surface area contributed by atoms with Crippen LogP contribution in [0.3, 0.4) is 0 Å². The second-order valence-corrected chi connectivity index (χ2v) is 6.42. The predicted molar refractivity (Wildman–Crippen MR) is 79.0 cm³/mol. The molecule has 0 radical (unpaired) electrons. The van der Waals surface area contributed by atoms with Gasteiger partial charge in [0.15, 0.2) is 0 Å². The van der Waals surface area contributed by atoms with Crippen LogP contribution in [0.5, 0.6) is 0 Å². The first-order valence-corrected chi connectivity index (χ1v) is 8.29. The van der Waals surface area contributed by atoms with Gasteiger partial charge in [0, 0.05) is 12.5 Å². The Morgan fingerprint density at radius 2 is 1.89 bits per heavy atom. The highest BCUT2D eigenvalue weighted by Gasteiger charge is 2.33. The summed E-state index contributed by atoms with van der Waals surface area (Å²) in [7, 11) is 0. The molecule has 2 rings (SSSR count). The Bertz CT molecular complexity index is 280. The van der Waals surface area contributed by atoms with E-state index in [2.05, 4.69) is 17.6 Å². The largest absolute Gasteiger partial charge is 0.353 e. The highest BCUT2D eigenvalue weighted by Crippen LogP contribution is 2.32.